The van der Waals surface area contributed by atoms with Crippen molar-refractivity contribution < 1.29 is 9.59 Å². The van der Waals surface area contributed by atoms with Crippen LogP contribution in [0.4, 0.5) is 0 Å². The molecule has 3 aliphatic rings. The van der Waals surface area contributed by atoms with Crippen LogP contribution < -0.4 is 0 Å². The molecule has 2 saturated heterocycles. The quantitative estimate of drug-likeness (QED) is 0.699. The van der Waals surface area contributed by atoms with Gasteiger partial charge in [0.2, 0.25) is 11.8 Å². The van der Waals surface area contributed by atoms with E-state index in [2.05, 4.69) is 28.0 Å². The van der Waals surface area contributed by atoms with E-state index in [-0.39, 0.29) is 11.8 Å². The number of piperidine rings is 2. The van der Waals surface area contributed by atoms with E-state index in [0.29, 0.717) is 26.2 Å². The van der Waals surface area contributed by atoms with Gasteiger partial charge in [0.15, 0.2) is 0 Å². The molecule has 4 rings (SSSR count). The Morgan fingerprint density at radius 1 is 0.606 bits per heavy atom. The standard InChI is InChI=1S/C26H41N5O2/c32-25(30-15-6-2-7-16-30)21-28-13-4-1-5-14-29(20-24-12-10-11-23(19-28)27-24)22-26(33)31-17-8-3-9-18-31/h10-12H,1-9,13-22H2. The molecular formula is C26H41N5O2. The Bertz CT molecular complexity index is 714. The molecule has 33 heavy (non-hydrogen) atoms. The number of carbonyl (C=O) groups excluding carboxylic acids is 2. The van der Waals surface area contributed by atoms with Gasteiger partial charge in [-0.1, -0.05) is 12.5 Å². The van der Waals surface area contributed by atoms with Gasteiger partial charge in [-0.3, -0.25) is 24.4 Å². The van der Waals surface area contributed by atoms with Gasteiger partial charge in [-0.25, -0.2) is 0 Å². The topological polar surface area (TPSA) is 60.0 Å². The van der Waals surface area contributed by atoms with Gasteiger partial charge in [-0.05, 0) is 76.6 Å². The van der Waals surface area contributed by atoms with E-state index in [4.69, 9.17) is 4.98 Å². The molecule has 2 bridgehead atoms. The molecule has 0 unspecified atom stereocenters. The van der Waals surface area contributed by atoms with Crippen molar-refractivity contribution in [3.63, 3.8) is 0 Å². The van der Waals surface area contributed by atoms with Crippen molar-refractivity contribution in [1.82, 2.24) is 24.6 Å². The highest BCUT2D eigenvalue weighted by molar-refractivity contribution is 5.78. The molecule has 0 aromatic carbocycles. The Morgan fingerprint density at radius 2 is 1.00 bits per heavy atom. The van der Waals surface area contributed by atoms with E-state index in [1.165, 1.54) is 12.8 Å². The van der Waals surface area contributed by atoms with Gasteiger partial charge in [0.1, 0.15) is 0 Å². The van der Waals surface area contributed by atoms with Crippen LogP contribution in [0.5, 0.6) is 0 Å². The largest absolute Gasteiger partial charge is 0.342 e. The van der Waals surface area contributed by atoms with E-state index in [1.54, 1.807) is 0 Å². The average molecular weight is 456 g/mol. The Hall–Kier alpha value is -1.99. The van der Waals surface area contributed by atoms with E-state index in [9.17, 15) is 9.59 Å². The van der Waals surface area contributed by atoms with Crippen molar-refractivity contribution in [2.45, 2.75) is 70.9 Å². The minimum Gasteiger partial charge on any atom is -0.342 e. The summed E-state index contributed by atoms with van der Waals surface area (Å²) in [6.45, 7) is 7.86. The molecule has 7 heteroatoms. The van der Waals surface area contributed by atoms with Crippen molar-refractivity contribution in [1.29, 1.82) is 0 Å². The molecule has 2 fully saturated rings. The number of carbonyl (C=O) groups is 2. The normalized spacial score (nSPS) is 21.8. The van der Waals surface area contributed by atoms with Gasteiger partial charge in [0.25, 0.3) is 0 Å². The van der Waals surface area contributed by atoms with Crippen LogP contribution >= 0.6 is 0 Å². The molecule has 1 aromatic heterocycles. The molecule has 182 valence electrons. The maximum absolute atomic E-state index is 12.9. The Balaban J connectivity index is 1.38. The minimum absolute atomic E-state index is 0.264. The molecule has 2 amide bonds. The SMILES string of the molecule is O=C(CN1CCCCCN(CC(=O)N2CCCCC2)Cc2cccc(n2)C1)N1CCCCC1. The molecule has 0 aliphatic carbocycles. The molecule has 4 heterocycles. The van der Waals surface area contributed by atoms with Crippen molar-refractivity contribution in [2.75, 3.05) is 52.4 Å². The fourth-order valence-electron chi connectivity index (χ4n) is 5.31. The third-order valence-corrected chi connectivity index (χ3v) is 7.22. The predicted octanol–water partition coefficient (Wildman–Crippen LogP) is 2.89. The molecule has 3 aliphatic heterocycles. The Morgan fingerprint density at radius 3 is 1.42 bits per heavy atom. The summed E-state index contributed by atoms with van der Waals surface area (Å²) in [7, 11) is 0. The maximum Gasteiger partial charge on any atom is 0.236 e. The van der Waals surface area contributed by atoms with Crippen LogP contribution in [0, 0.1) is 0 Å². The highest BCUT2D eigenvalue weighted by atomic mass is 16.2. The molecule has 0 N–H and O–H groups in total. The maximum atomic E-state index is 12.9. The monoisotopic (exact) mass is 455 g/mol. The van der Waals surface area contributed by atoms with Gasteiger partial charge >= 0.3 is 0 Å². The molecule has 0 saturated carbocycles. The second-order valence-corrected chi connectivity index (χ2v) is 9.99. The first-order valence-corrected chi connectivity index (χ1v) is 13.1. The van der Waals surface area contributed by atoms with Crippen LogP contribution in [0.2, 0.25) is 0 Å². The van der Waals surface area contributed by atoms with E-state index < -0.39 is 0 Å². The Kier molecular flexibility index (Phi) is 9.12. The average Bonchev–Trinajstić information content (AvgIpc) is 2.84. The first kappa shape index (κ1) is 24.1. The smallest absolute Gasteiger partial charge is 0.236 e. The number of likely N-dealkylation sites (tertiary alicyclic amines) is 2. The first-order valence-electron chi connectivity index (χ1n) is 13.1. The van der Waals surface area contributed by atoms with Gasteiger partial charge < -0.3 is 9.80 Å². The first-order chi connectivity index (χ1) is 16.2. The van der Waals surface area contributed by atoms with Crippen molar-refractivity contribution in [3.8, 4) is 0 Å². The molecule has 7 nitrogen and oxygen atoms in total. The summed E-state index contributed by atoms with van der Waals surface area (Å²) in [6, 6.07) is 6.20. The summed E-state index contributed by atoms with van der Waals surface area (Å²) >= 11 is 0. The summed E-state index contributed by atoms with van der Waals surface area (Å²) in [5.74, 6) is 0.528. The van der Waals surface area contributed by atoms with E-state index in [1.807, 2.05) is 9.80 Å². The fourth-order valence-corrected chi connectivity index (χ4v) is 5.31. The van der Waals surface area contributed by atoms with Crippen molar-refractivity contribution in [3.05, 3.63) is 29.6 Å². The molecular weight excluding hydrogens is 414 g/mol. The number of hydrogen-bond acceptors (Lipinski definition) is 5. The third-order valence-electron chi connectivity index (χ3n) is 7.22. The van der Waals surface area contributed by atoms with Crippen LogP contribution in [-0.4, -0.2) is 88.8 Å². The fraction of sp³-hybridized carbons (Fsp3) is 0.731. The zero-order chi connectivity index (χ0) is 22.9. The highest BCUT2D eigenvalue weighted by Gasteiger charge is 2.22. The van der Waals surface area contributed by atoms with E-state index >= 15 is 0 Å². The zero-order valence-electron chi connectivity index (χ0n) is 20.2. The number of pyridine rings is 1. The van der Waals surface area contributed by atoms with Gasteiger partial charge in [-0.15, -0.1) is 0 Å². The van der Waals surface area contributed by atoms with Crippen molar-refractivity contribution >= 4 is 11.8 Å². The number of hydrogen-bond donors (Lipinski definition) is 0. The highest BCUT2D eigenvalue weighted by Crippen LogP contribution is 2.15. The lowest BCUT2D eigenvalue weighted by Crippen LogP contribution is -2.43. The lowest BCUT2D eigenvalue weighted by molar-refractivity contribution is -0.134. The van der Waals surface area contributed by atoms with Gasteiger partial charge in [-0.2, -0.15) is 0 Å². The summed E-state index contributed by atoms with van der Waals surface area (Å²) in [4.78, 5) is 39.3. The molecule has 0 radical (unpaired) electrons. The zero-order valence-corrected chi connectivity index (χ0v) is 20.2. The number of fused-ring (bicyclic) bond motifs is 2. The number of rotatable bonds is 4. The van der Waals surface area contributed by atoms with Gasteiger partial charge in [0.05, 0.1) is 24.5 Å². The summed E-state index contributed by atoms with van der Waals surface area (Å²) in [6.07, 6.45) is 10.3. The minimum atomic E-state index is 0.264. The summed E-state index contributed by atoms with van der Waals surface area (Å²) in [5, 5.41) is 0. The molecule has 0 spiro atoms. The van der Waals surface area contributed by atoms with Crippen molar-refractivity contribution in [2.24, 2.45) is 0 Å². The van der Waals surface area contributed by atoms with Gasteiger partial charge in [0, 0.05) is 39.3 Å². The predicted molar refractivity (Wildman–Crippen MR) is 130 cm³/mol. The van der Waals surface area contributed by atoms with Crippen LogP contribution in [0.15, 0.2) is 18.2 Å². The van der Waals surface area contributed by atoms with Crippen LogP contribution in [0.1, 0.15) is 69.2 Å². The lowest BCUT2D eigenvalue weighted by atomic mass is 10.1. The second kappa shape index (κ2) is 12.5. The van der Waals surface area contributed by atoms with Crippen LogP contribution in [0.3, 0.4) is 0 Å². The summed E-state index contributed by atoms with van der Waals surface area (Å²) < 4.78 is 0. The second-order valence-electron chi connectivity index (χ2n) is 9.99. The lowest BCUT2D eigenvalue weighted by Gasteiger charge is -2.31. The van der Waals surface area contributed by atoms with Crippen LogP contribution in [-0.2, 0) is 22.7 Å². The van der Waals surface area contributed by atoms with E-state index in [0.717, 1.165) is 95.6 Å². The summed E-state index contributed by atoms with van der Waals surface area (Å²) in [5.41, 5.74) is 2.03. The number of nitrogens with zero attached hydrogens (tertiary/aromatic N) is 5. The number of aromatic nitrogens is 1. The van der Waals surface area contributed by atoms with Crippen LogP contribution in [0.25, 0.3) is 0 Å². The Labute approximate surface area is 199 Å². The number of amides is 2. The third kappa shape index (κ3) is 7.51. The molecule has 0 atom stereocenters. The molecule has 1 aromatic rings.